The molecule has 1 aromatic carbocycles. The van der Waals surface area contributed by atoms with E-state index >= 15 is 0 Å². The van der Waals surface area contributed by atoms with Crippen LogP contribution in [0.1, 0.15) is 42.9 Å². The van der Waals surface area contributed by atoms with Gasteiger partial charge in [0.05, 0.1) is 18.4 Å². The van der Waals surface area contributed by atoms with Gasteiger partial charge in [0, 0.05) is 25.1 Å². The zero-order valence-electron chi connectivity index (χ0n) is 13.8. The van der Waals surface area contributed by atoms with Gasteiger partial charge in [-0.1, -0.05) is 43.2 Å². The van der Waals surface area contributed by atoms with Crippen molar-refractivity contribution in [3.05, 3.63) is 64.3 Å². The lowest BCUT2D eigenvalue weighted by Gasteiger charge is -2.11. The molecule has 1 aromatic heterocycles. The highest BCUT2D eigenvalue weighted by Gasteiger charge is 2.18. The zero-order valence-corrected chi connectivity index (χ0v) is 13.8. The summed E-state index contributed by atoms with van der Waals surface area (Å²) < 4.78 is 1.56. The molecule has 0 unspecified atom stereocenters. The van der Waals surface area contributed by atoms with Crippen molar-refractivity contribution in [1.82, 2.24) is 14.9 Å². The van der Waals surface area contributed by atoms with E-state index in [0.29, 0.717) is 25.4 Å². The highest BCUT2D eigenvalue weighted by Crippen LogP contribution is 2.32. The number of nitrogens with one attached hydrogen (secondary N) is 1. The molecule has 1 fully saturated rings. The summed E-state index contributed by atoms with van der Waals surface area (Å²) in [6.07, 6.45) is 6.68. The minimum atomic E-state index is -0.0378. The van der Waals surface area contributed by atoms with Crippen molar-refractivity contribution in [2.24, 2.45) is 0 Å². The third kappa shape index (κ3) is 4.31. The molecule has 0 aliphatic heterocycles. The predicted octanol–water partition coefficient (Wildman–Crippen LogP) is 2.26. The van der Waals surface area contributed by atoms with Gasteiger partial charge in [-0.25, -0.2) is 4.98 Å². The Hall–Kier alpha value is -2.43. The normalized spacial score (nSPS) is 14.7. The highest BCUT2D eigenvalue weighted by molar-refractivity contribution is 5.78. The molecule has 0 spiro atoms. The van der Waals surface area contributed by atoms with E-state index in [0.717, 1.165) is 24.1 Å². The van der Waals surface area contributed by atoms with Gasteiger partial charge in [0.25, 0.3) is 5.56 Å². The van der Waals surface area contributed by atoms with Crippen LogP contribution in [0.2, 0.25) is 0 Å². The van der Waals surface area contributed by atoms with Gasteiger partial charge in [0.1, 0.15) is 0 Å². The van der Waals surface area contributed by atoms with Crippen molar-refractivity contribution in [2.75, 3.05) is 6.54 Å². The molecule has 5 heteroatoms. The second-order valence-electron chi connectivity index (χ2n) is 6.34. The van der Waals surface area contributed by atoms with E-state index in [1.165, 1.54) is 12.8 Å². The van der Waals surface area contributed by atoms with Crippen LogP contribution in [0.25, 0.3) is 0 Å². The molecular formula is C19H23N3O2. The number of hydrogen-bond donors (Lipinski definition) is 1. The Labute approximate surface area is 141 Å². The first-order valence-electron chi connectivity index (χ1n) is 8.59. The lowest BCUT2D eigenvalue weighted by Crippen LogP contribution is -2.32. The van der Waals surface area contributed by atoms with Crippen LogP contribution in [0, 0.1) is 0 Å². The largest absolute Gasteiger partial charge is 0.354 e. The Bertz CT molecular complexity index is 734. The smallest absolute Gasteiger partial charge is 0.253 e. The Morgan fingerprint density at radius 3 is 2.67 bits per heavy atom. The fourth-order valence-electron chi connectivity index (χ4n) is 3.21. The van der Waals surface area contributed by atoms with E-state index in [4.69, 9.17) is 0 Å². The molecule has 1 aliphatic rings. The van der Waals surface area contributed by atoms with Crippen LogP contribution < -0.4 is 10.9 Å². The minimum Gasteiger partial charge on any atom is -0.354 e. The second-order valence-corrected chi connectivity index (χ2v) is 6.34. The fourth-order valence-corrected chi connectivity index (χ4v) is 3.21. The van der Waals surface area contributed by atoms with Gasteiger partial charge in [0.2, 0.25) is 5.91 Å². The Balaban J connectivity index is 1.49. The monoisotopic (exact) mass is 325 g/mol. The second kappa shape index (κ2) is 7.90. The quantitative estimate of drug-likeness (QED) is 0.886. The predicted molar refractivity (Wildman–Crippen MR) is 92.9 cm³/mol. The SMILES string of the molecule is O=C(Cc1ccccc1)NCCn1cnc(C2CCCC2)cc1=O. The van der Waals surface area contributed by atoms with Crippen molar-refractivity contribution >= 4 is 5.91 Å². The molecule has 1 N–H and O–H groups in total. The maximum Gasteiger partial charge on any atom is 0.253 e. The third-order valence-corrected chi connectivity index (χ3v) is 4.56. The third-order valence-electron chi connectivity index (χ3n) is 4.56. The Morgan fingerprint density at radius 1 is 1.21 bits per heavy atom. The number of carbonyl (C=O) groups excluding carboxylic acids is 1. The number of hydrogen-bond acceptors (Lipinski definition) is 3. The van der Waals surface area contributed by atoms with Crippen LogP contribution in [-0.2, 0) is 17.8 Å². The lowest BCUT2D eigenvalue weighted by atomic mass is 10.0. The summed E-state index contributed by atoms with van der Waals surface area (Å²) in [7, 11) is 0. The summed E-state index contributed by atoms with van der Waals surface area (Å²) in [5.74, 6) is 0.405. The van der Waals surface area contributed by atoms with E-state index in [9.17, 15) is 9.59 Å². The molecule has 24 heavy (non-hydrogen) atoms. The fraction of sp³-hybridized carbons (Fsp3) is 0.421. The molecule has 1 amide bonds. The van der Waals surface area contributed by atoms with Gasteiger partial charge >= 0.3 is 0 Å². The van der Waals surface area contributed by atoms with E-state index in [-0.39, 0.29) is 11.5 Å². The first-order valence-corrected chi connectivity index (χ1v) is 8.59. The topological polar surface area (TPSA) is 64.0 Å². The molecule has 0 saturated heterocycles. The van der Waals surface area contributed by atoms with E-state index in [2.05, 4.69) is 10.3 Å². The van der Waals surface area contributed by atoms with Crippen LogP contribution in [0.4, 0.5) is 0 Å². The van der Waals surface area contributed by atoms with Crippen LogP contribution in [0.5, 0.6) is 0 Å². The molecule has 0 atom stereocenters. The van der Waals surface area contributed by atoms with Gasteiger partial charge < -0.3 is 5.32 Å². The summed E-state index contributed by atoms with van der Waals surface area (Å²) in [5, 5.41) is 2.85. The molecule has 2 aromatic rings. The zero-order chi connectivity index (χ0) is 16.8. The molecule has 1 saturated carbocycles. The van der Waals surface area contributed by atoms with Gasteiger partial charge in [-0.3, -0.25) is 14.2 Å². The van der Waals surface area contributed by atoms with Crippen LogP contribution >= 0.6 is 0 Å². The summed E-state index contributed by atoms with van der Waals surface area (Å²) >= 11 is 0. The number of rotatable bonds is 6. The van der Waals surface area contributed by atoms with Crippen molar-refractivity contribution < 1.29 is 4.79 Å². The van der Waals surface area contributed by atoms with Gasteiger partial charge in [-0.05, 0) is 18.4 Å². The molecule has 0 radical (unpaired) electrons. The van der Waals surface area contributed by atoms with Crippen LogP contribution in [0.3, 0.4) is 0 Å². The van der Waals surface area contributed by atoms with Crippen molar-refractivity contribution in [3.8, 4) is 0 Å². The summed E-state index contributed by atoms with van der Waals surface area (Å²) in [6.45, 7) is 0.868. The van der Waals surface area contributed by atoms with Crippen molar-refractivity contribution in [3.63, 3.8) is 0 Å². The molecule has 126 valence electrons. The number of aromatic nitrogens is 2. The minimum absolute atomic E-state index is 0.0372. The molecule has 1 aliphatic carbocycles. The first kappa shape index (κ1) is 16.4. The molecule has 3 rings (SSSR count). The maximum atomic E-state index is 12.2. The molecule has 0 bridgehead atoms. The average molecular weight is 325 g/mol. The van der Waals surface area contributed by atoms with E-state index in [1.807, 2.05) is 30.3 Å². The summed E-state index contributed by atoms with van der Waals surface area (Å²) in [4.78, 5) is 28.5. The van der Waals surface area contributed by atoms with E-state index < -0.39 is 0 Å². The average Bonchev–Trinajstić information content (AvgIpc) is 3.12. The van der Waals surface area contributed by atoms with Gasteiger partial charge in [-0.2, -0.15) is 0 Å². The van der Waals surface area contributed by atoms with Crippen LogP contribution in [-0.4, -0.2) is 22.0 Å². The molecule has 1 heterocycles. The maximum absolute atomic E-state index is 12.2. The number of amides is 1. The number of carbonyl (C=O) groups is 1. The van der Waals surface area contributed by atoms with Gasteiger partial charge in [-0.15, -0.1) is 0 Å². The van der Waals surface area contributed by atoms with Crippen LogP contribution in [0.15, 0.2) is 47.5 Å². The Morgan fingerprint density at radius 2 is 1.96 bits per heavy atom. The first-order chi connectivity index (χ1) is 11.7. The van der Waals surface area contributed by atoms with E-state index in [1.54, 1.807) is 17.0 Å². The summed E-state index contributed by atoms with van der Waals surface area (Å²) in [5.41, 5.74) is 1.86. The highest BCUT2D eigenvalue weighted by atomic mass is 16.1. The van der Waals surface area contributed by atoms with Crippen molar-refractivity contribution in [2.45, 2.75) is 44.6 Å². The summed E-state index contributed by atoms with van der Waals surface area (Å²) in [6, 6.07) is 11.3. The van der Waals surface area contributed by atoms with Gasteiger partial charge in [0.15, 0.2) is 0 Å². The number of nitrogens with zero attached hydrogens (tertiary/aromatic N) is 2. The molecule has 5 nitrogen and oxygen atoms in total. The molecular weight excluding hydrogens is 302 g/mol. The van der Waals surface area contributed by atoms with Crippen molar-refractivity contribution in [1.29, 1.82) is 0 Å². The lowest BCUT2D eigenvalue weighted by molar-refractivity contribution is -0.120. The Kier molecular flexibility index (Phi) is 5.41. The standard InChI is InChI=1S/C19H23N3O2/c23-18(12-15-6-2-1-3-7-15)20-10-11-22-14-21-17(13-19(22)24)16-8-4-5-9-16/h1-3,6-7,13-14,16H,4-5,8-12H2,(H,20,23). The number of benzene rings is 1.